The standard InChI is InChI=1S/C26H26Cl2N6O4/c1-16(27)24(36)30-18-5-4-6-20(13-18)38-25-21(28)15-29-26(32-25)31-22-8-7-19(14-23(22)37-3)34-11-9-33(10-12-34)17(2)35/h4-8,13-15H,1,9-12H2,2-3H3,(H,30,36)(H,29,31,32). The summed E-state index contributed by atoms with van der Waals surface area (Å²) < 4.78 is 11.5. The highest BCUT2D eigenvalue weighted by Gasteiger charge is 2.20. The Kier molecular flexibility index (Phi) is 8.55. The lowest BCUT2D eigenvalue weighted by atomic mass is 10.2. The fourth-order valence-electron chi connectivity index (χ4n) is 3.81. The summed E-state index contributed by atoms with van der Waals surface area (Å²) in [6, 6.07) is 12.4. The van der Waals surface area contributed by atoms with Gasteiger partial charge in [0, 0.05) is 56.6 Å². The fourth-order valence-corrected chi connectivity index (χ4v) is 3.99. The summed E-state index contributed by atoms with van der Waals surface area (Å²) in [7, 11) is 1.58. The van der Waals surface area contributed by atoms with Gasteiger partial charge >= 0.3 is 0 Å². The monoisotopic (exact) mass is 556 g/mol. The fraction of sp³-hybridized carbons (Fsp3) is 0.231. The molecule has 0 aliphatic carbocycles. The lowest BCUT2D eigenvalue weighted by Gasteiger charge is -2.35. The Balaban J connectivity index is 1.48. The van der Waals surface area contributed by atoms with E-state index in [4.69, 9.17) is 32.7 Å². The molecule has 0 radical (unpaired) electrons. The third-order valence-electron chi connectivity index (χ3n) is 5.79. The first-order chi connectivity index (χ1) is 18.2. The van der Waals surface area contributed by atoms with E-state index in [1.807, 2.05) is 23.1 Å². The van der Waals surface area contributed by atoms with Gasteiger partial charge in [-0.3, -0.25) is 9.59 Å². The molecule has 4 rings (SSSR count). The quantitative estimate of drug-likeness (QED) is 0.371. The lowest BCUT2D eigenvalue weighted by molar-refractivity contribution is -0.129. The smallest absolute Gasteiger partial charge is 0.266 e. The van der Waals surface area contributed by atoms with Crippen LogP contribution in [0.3, 0.4) is 0 Å². The van der Waals surface area contributed by atoms with Gasteiger partial charge in [-0.05, 0) is 24.3 Å². The van der Waals surface area contributed by atoms with Crippen LogP contribution in [0.2, 0.25) is 5.02 Å². The Morgan fingerprint density at radius 1 is 1.11 bits per heavy atom. The van der Waals surface area contributed by atoms with E-state index >= 15 is 0 Å². The molecule has 0 bridgehead atoms. The van der Waals surface area contributed by atoms with Crippen LogP contribution >= 0.6 is 23.2 Å². The third kappa shape index (κ3) is 6.64. The van der Waals surface area contributed by atoms with Crippen LogP contribution in [0.25, 0.3) is 0 Å². The van der Waals surface area contributed by atoms with Crippen LogP contribution in [0.15, 0.2) is 60.3 Å². The van der Waals surface area contributed by atoms with Crippen molar-refractivity contribution < 1.29 is 19.1 Å². The summed E-state index contributed by atoms with van der Waals surface area (Å²) in [5.74, 6) is 0.920. The number of rotatable bonds is 8. The number of amides is 2. The summed E-state index contributed by atoms with van der Waals surface area (Å²) in [5, 5.41) is 5.82. The number of piperazine rings is 1. The molecule has 198 valence electrons. The maximum Gasteiger partial charge on any atom is 0.266 e. The van der Waals surface area contributed by atoms with E-state index in [2.05, 4.69) is 32.1 Å². The molecule has 2 aromatic carbocycles. The van der Waals surface area contributed by atoms with Gasteiger partial charge in [-0.2, -0.15) is 4.98 Å². The van der Waals surface area contributed by atoms with Crippen molar-refractivity contribution in [2.75, 3.05) is 48.8 Å². The van der Waals surface area contributed by atoms with E-state index in [1.165, 1.54) is 6.20 Å². The highest BCUT2D eigenvalue weighted by atomic mass is 35.5. The summed E-state index contributed by atoms with van der Waals surface area (Å²) in [4.78, 5) is 36.1. The van der Waals surface area contributed by atoms with Crippen LogP contribution in [-0.4, -0.2) is 60.0 Å². The van der Waals surface area contributed by atoms with E-state index < -0.39 is 5.91 Å². The van der Waals surface area contributed by atoms with E-state index in [0.29, 0.717) is 36.0 Å². The number of halogens is 2. The van der Waals surface area contributed by atoms with Gasteiger partial charge in [0.1, 0.15) is 16.5 Å². The van der Waals surface area contributed by atoms with Crippen molar-refractivity contribution in [1.82, 2.24) is 14.9 Å². The number of aromatic nitrogens is 2. The first-order valence-corrected chi connectivity index (χ1v) is 12.4. The van der Waals surface area contributed by atoms with Crippen LogP contribution in [0.4, 0.5) is 23.0 Å². The van der Waals surface area contributed by atoms with Crippen molar-refractivity contribution in [3.63, 3.8) is 0 Å². The van der Waals surface area contributed by atoms with Gasteiger partial charge in [-0.1, -0.05) is 35.8 Å². The van der Waals surface area contributed by atoms with E-state index in [-0.39, 0.29) is 27.8 Å². The zero-order valence-electron chi connectivity index (χ0n) is 20.8. The second kappa shape index (κ2) is 12.0. The molecule has 1 aliphatic heterocycles. The third-order valence-corrected chi connectivity index (χ3v) is 6.22. The second-order valence-corrected chi connectivity index (χ2v) is 9.20. The zero-order valence-corrected chi connectivity index (χ0v) is 22.3. The van der Waals surface area contributed by atoms with Crippen LogP contribution in [0, 0.1) is 0 Å². The number of nitrogens with zero attached hydrogens (tertiary/aromatic N) is 4. The molecule has 0 atom stereocenters. The van der Waals surface area contributed by atoms with Crippen molar-refractivity contribution in [2.24, 2.45) is 0 Å². The number of benzene rings is 2. The molecule has 1 aromatic heterocycles. The minimum absolute atomic E-state index is 0.0881. The molecule has 1 saturated heterocycles. The summed E-state index contributed by atoms with van der Waals surface area (Å²) >= 11 is 11.9. The topological polar surface area (TPSA) is 109 Å². The lowest BCUT2D eigenvalue weighted by Crippen LogP contribution is -2.48. The van der Waals surface area contributed by atoms with Gasteiger partial charge in [-0.25, -0.2) is 4.98 Å². The number of hydrogen-bond donors (Lipinski definition) is 2. The first-order valence-electron chi connectivity index (χ1n) is 11.6. The summed E-state index contributed by atoms with van der Waals surface area (Å²) in [6.07, 6.45) is 1.42. The molecule has 0 spiro atoms. The van der Waals surface area contributed by atoms with Crippen molar-refractivity contribution in [2.45, 2.75) is 6.92 Å². The maximum atomic E-state index is 11.8. The van der Waals surface area contributed by atoms with Gasteiger partial charge in [-0.15, -0.1) is 0 Å². The number of carbonyl (C=O) groups is 2. The van der Waals surface area contributed by atoms with Crippen LogP contribution in [-0.2, 0) is 9.59 Å². The minimum atomic E-state index is -0.520. The van der Waals surface area contributed by atoms with Crippen LogP contribution in [0.5, 0.6) is 17.4 Å². The van der Waals surface area contributed by atoms with Crippen LogP contribution < -0.4 is 25.0 Å². The molecular weight excluding hydrogens is 531 g/mol. The SMILES string of the molecule is C=C(Cl)C(=O)Nc1cccc(Oc2nc(Nc3ccc(N4CCN(C(C)=O)CC4)cc3OC)ncc2Cl)c1. The largest absolute Gasteiger partial charge is 0.494 e. The van der Waals surface area contributed by atoms with Gasteiger partial charge in [0.25, 0.3) is 5.91 Å². The zero-order chi connectivity index (χ0) is 27.2. The number of methoxy groups -OCH3 is 1. The Bertz CT molecular complexity index is 1360. The number of hydrogen-bond acceptors (Lipinski definition) is 8. The second-order valence-electron chi connectivity index (χ2n) is 8.34. The maximum absolute atomic E-state index is 11.8. The molecule has 10 nitrogen and oxygen atoms in total. The molecule has 0 saturated carbocycles. The molecule has 1 aliphatic rings. The number of ether oxygens (including phenoxy) is 2. The highest BCUT2D eigenvalue weighted by Crippen LogP contribution is 2.34. The molecule has 3 aromatic rings. The Hall–Kier alpha value is -4.02. The first kappa shape index (κ1) is 27.0. The van der Waals surface area contributed by atoms with E-state index in [0.717, 1.165) is 18.8 Å². The van der Waals surface area contributed by atoms with Gasteiger partial charge in [0.05, 0.1) is 24.0 Å². The molecule has 38 heavy (non-hydrogen) atoms. The number of anilines is 4. The molecule has 0 unspecified atom stereocenters. The van der Waals surface area contributed by atoms with Crippen molar-refractivity contribution >= 4 is 58.0 Å². The number of nitrogens with one attached hydrogen (secondary N) is 2. The summed E-state index contributed by atoms with van der Waals surface area (Å²) in [6.45, 7) is 7.82. The van der Waals surface area contributed by atoms with E-state index in [9.17, 15) is 9.59 Å². The number of carbonyl (C=O) groups excluding carboxylic acids is 2. The average molecular weight is 557 g/mol. The molecule has 2 amide bonds. The van der Waals surface area contributed by atoms with Crippen molar-refractivity contribution in [3.8, 4) is 17.4 Å². The average Bonchev–Trinajstić information content (AvgIpc) is 2.91. The molecule has 12 heteroatoms. The Labute approximate surface area is 230 Å². The Morgan fingerprint density at radius 3 is 2.55 bits per heavy atom. The summed E-state index contributed by atoms with van der Waals surface area (Å²) in [5.41, 5.74) is 2.10. The van der Waals surface area contributed by atoms with Crippen molar-refractivity contribution in [3.05, 3.63) is 65.3 Å². The molecule has 1 fully saturated rings. The van der Waals surface area contributed by atoms with Crippen LogP contribution in [0.1, 0.15) is 6.92 Å². The van der Waals surface area contributed by atoms with Crippen molar-refractivity contribution in [1.29, 1.82) is 0 Å². The highest BCUT2D eigenvalue weighted by molar-refractivity contribution is 6.43. The van der Waals surface area contributed by atoms with E-state index in [1.54, 1.807) is 38.3 Å². The van der Waals surface area contributed by atoms with Gasteiger partial charge < -0.3 is 29.9 Å². The van der Waals surface area contributed by atoms with Gasteiger partial charge in [0.15, 0.2) is 0 Å². The molecule has 2 heterocycles. The minimum Gasteiger partial charge on any atom is -0.494 e. The predicted octanol–water partition coefficient (Wildman–Crippen LogP) is 5.03. The Morgan fingerprint density at radius 2 is 1.87 bits per heavy atom. The normalized spacial score (nSPS) is 13.1. The predicted molar refractivity (Wildman–Crippen MR) is 148 cm³/mol. The molecule has 2 N–H and O–H groups in total. The molecular formula is C26H26Cl2N6O4. The van der Waals surface area contributed by atoms with Gasteiger partial charge in [0.2, 0.25) is 17.7 Å².